The van der Waals surface area contributed by atoms with Crippen molar-refractivity contribution in [1.82, 2.24) is 0 Å². The van der Waals surface area contributed by atoms with Crippen molar-refractivity contribution in [2.45, 2.75) is 34.5 Å². The molecule has 0 N–H and O–H groups in total. The average Bonchev–Trinajstić information content (AvgIpc) is 2.01. The van der Waals surface area contributed by atoms with Crippen LogP contribution in [0.5, 0.6) is 0 Å². The summed E-state index contributed by atoms with van der Waals surface area (Å²) in [6.45, 7) is 4.52. The van der Waals surface area contributed by atoms with Gasteiger partial charge in [-0.2, -0.15) is 0 Å². The van der Waals surface area contributed by atoms with Crippen molar-refractivity contribution in [3.63, 3.8) is 0 Å². The first-order chi connectivity index (χ1) is 6.58. The summed E-state index contributed by atoms with van der Waals surface area (Å²) in [4.78, 5) is 0. The third kappa shape index (κ3) is 4.96. The van der Waals surface area contributed by atoms with Gasteiger partial charge in [-0.3, -0.25) is 0 Å². The summed E-state index contributed by atoms with van der Waals surface area (Å²) in [5.74, 6) is 0. The Balaban J connectivity index is 2.68. The molecule has 0 aromatic heterocycles. The predicted molar refractivity (Wildman–Crippen MR) is 80.8 cm³/mol. The lowest BCUT2D eigenvalue weighted by Crippen LogP contribution is -2.00. The van der Waals surface area contributed by atoms with Crippen LogP contribution in [-0.4, -0.2) is 7.85 Å². The second kappa shape index (κ2) is 6.30. The molecule has 0 nitrogen and oxygen atoms in total. The lowest BCUT2D eigenvalue weighted by atomic mass is 10.0. The lowest BCUT2D eigenvalue weighted by molar-refractivity contribution is 0.946. The van der Waals surface area contributed by atoms with Crippen LogP contribution >= 0.6 is 45.2 Å². The van der Waals surface area contributed by atoms with Gasteiger partial charge in [-0.25, -0.2) is 0 Å². The predicted octanol–water partition coefficient (Wildman–Crippen LogP) is 4.42. The molecule has 0 radical (unpaired) electrons. The van der Waals surface area contributed by atoms with Gasteiger partial charge < -0.3 is 0 Å². The molecule has 0 heterocycles. The molecular weight excluding hydrogens is 398 g/mol. The lowest BCUT2D eigenvalue weighted by Gasteiger charge is -2.07. The zero-order valence-electron chi connectivity index (χ0n) is 8.63. The second-order valence-electron chi connectivity index (χ2n) is 3.79. The van der Waals surface area contributed by atoms with Crippen molar-refractivity contribution in [1.29, 1.82) is 0 Å². The zero-order valence-corrected chi connectivity index (χ0v) is 12.9. The fourth-order valence-electron chi connectivity index (χ4n) is 1.53. The van der Waals surface area contributed by atoms with Crippen LogP contribution < -0.4 is 0 Å². The summed E-state index contributed by atoms with van der Waals surface area (Å²) >= 11 is 4.96. The smallest absolute Gasteiger partial charge is 0.0122 e. The first-order valence-electron chi connectivity index (χ1n) is 4.94. The van der Waals surface area contributed by atoms with E-state index in [1.807, 2.05) is 0 Å². The van der Waals surface area contributed by atoms with E-state index in [-0.39, 0.29) is 0 Å². The minimum atomic E-state index is 0.722. The molecule has 1 rings (SSSR count). The van der Waals surface area contributed by atoms with Crippen LogP contribution in [0.25, 0.3) is 0 Å². The number of hydrogen-bond acceptors (Lipinski definition) is 0. The number of halogens is 2. The van der Waals surface area contributed by atoms with E-state index in [1.165, 1.54) is 24.0 Å². The van der Waals surface area contributed by atoms with Gasteiger partial charge in [0.1, 0.15) is 0 Å². The Morgan fingerprint density at radius 2 is 1.43 bits per heavy atom. The van der Waals surface area contributed by atoms with E-state index < -0.39 is 0 Å². The third-order valence-electron chi connectivity index (χ3n) is 2.03. The van der Waals surface area contributed by atoms with E-state index in [0.717, 1.165) is 7.85 Å². The van der Waals surface area contributed by atoms with E-state index in [4.69, 9.17) is 0 Å². The Labute approximate surface area is 114 Å². The highest BCUT2D eigenvalue weighted by Crippen LogP contribution is 2.15. The van der Waals surface area contributed by atoms with Crippen molar-refractivity contribution >= 4 is 45.2 Å². The quantitative estimate of drug-likeness (QED) is 0.506. The molecule has 0 aliphatic rings. The van der Waals surface area contributed by atoms with Gasteiger partial charge >= 0.3 is 0 Å². The van der Waals surface area contributed by atoms with E-state index >= 15 is 0 Å². The van der Waals surface area contributed by atoms with Crippen molar-refractivity contribution in [3.05, 3.63) is 35.4 Å². The van der Waals surface area contributed by atoms with E-state index in [9.17, 15) is 0 Å². The van der Waals surface area contributed by atoms with Gasteiger partial charge in [0.15, 0.2) is 0 Å². The highest BCUT2D eigenvalue weighted by Gasteiger charge is 2.02. The molecule has 0 spiro atoms. The molecule has 0 fully saturated rings. The van der Waals surface area contributed by atoms with Crippen LogP contribution in [0.2, 0.25) is 0 Å². The summed E-state index contributed by atoms with van der Waals surface area (Å²) in [7, 11) is 0. The summed E-state index contributed by atoms with van der Waals surface area (Å²) in [6.07, 6.45) is 2.37. The maximum absolute atomic E-state index is 2.48. The molecule has 1 aromatic rings. The molecule has 2 unspecified atom stereocenters. The number of hydrogen-bond donors (Lipinski definition) is 0. The van der Waals surface area contributed by atoms with Crippen molar-refractivity contribution in [3.8, 4) is 0 Å². The van der Waals surface area contributed by atoms with Gasteiger partial charge in [-0.05, 0) is 24.0 Å². The largest absolute Gasteiger partial charge is 0.0826 e. The zero-order chi connectivity index (χ0) is 10.6. The summed E-state index contributed by atoms with van der Waals surface area (Å²) in [6, 6.07) is 9.00. The van der Waals surface area contributed by atoms with Crippen LogP contribution in [0.15, 0.2) is 24.3 Å². The summed E-state index contributed by atoms with van der Waals surface area (Å²) in [5, 5.41) is 0. The van der Waals surface area contributed by atoms with Crippen molar-refractivity contribution in [2.24, 2.45) is 0 Å². The Bertz CT molecular complexity index is 254. The summed E-state index contributed by atoms with van der Waals surface area (Å²) < 4.78 is 1.44. The van der Waals surface area contributed by atoms with Gasteiger partial charge in [0, 0.05) is 7.85 Å². The van der Waals surface area contributed by atoms with Gasteiger partial charge in [-0.1, -0.05) is 83.3 Å². The van der Waals surface area contributed by atoms with E-state index in [0.29, 0.717) is 0 Å². The molecule has 2 heteroatoms. The molecule has 0 saturated carbocycles. The molecule has 0 amide bonds. The van der Waals surface area contributed by atoms with E-state index in [1.54, 1.807) is 0 Å². The van der Waals surface area contributed by atoms with Gasteiger partial charge in [0.2, 0.25) is 0 Å². The highest BCUT2D eigenvalue weighted by atomic mass is 127. The minimum absolute atomic E-state index is 0.722. The van der Waals surface area contributed by atoms with Crippen LogP contribution in [0.4, 0.5) is 0 Å². The van der Waals surface area contributed by atoms with Gasteiger partial charge in [0.25, 0.3) is 0 Å². The van der Waals surface area contributed by atoms with Crippen LogP contribution in [0, 0.1) is 0 Å². The Hall–Kier alpha value is 0.680. The Morgan fingerprint density at radius 1 is 1.00 bits per heavy atom. The van der Waals surface area contributed by atoms with Crippen molar-refractivity contribution in [2.75, 3.05) is 0 Å². The fraction of sp³-hybridized carbons (Fsp3) is 0.500. The number of alkyl halides is 2. The molecule has 14 heavy (non-hydrogen) atoms. The normalized spacial score (nSPS) is 15.1. The Morgan fingerprint density at radius 3 is 1.79 bits per heavy atom. The maximum atomic E-state index is 2.48. The van der Waals surface area contributed by atoms with Crippen LogP contribution in [0.3, 0.4) is 0 Å². The van der Waals surface area contributed by atoms with Gasteiger partial charge in [0.05, 0.1) is 0 Å². The molecular formula is C12H16I2. The third-order valence-corrected chi connectivity index (χ3v) is 2.91. The number of rotatable bonds is 4. The molecule has 2 atom stereocenters. The average molecular weight is 414 g/mol. The Kier molecular flexibility index (Phi) is 5.74. The SMILES string of the molecule is CC(I)Cc1cccc(CC(C)I)c1. The minimum Gasteiger partial charge on any atom is -0.0826 e. The molecule has 78 valence electrons. The first kappa shape index (κ1) is 12.7. The number of benzene rings is 1. The first-order valence-corrected chi connectivity index (χ1v) is 7.43. The molecule has 0 aliphatic heterocycles. The molecule has 1 aromatic carbocycles. The van der Waals surface area contributed by atoms with Crippen LogP contribution in [0.1, 0.15) is 25.0 Å². The molecule has 0 aliphatic carbocycles. The second-order valence-corrected chi connectivity index (χ2v) is 8.04. The molecule has 0 saturated heterocycles. The topological polar surface area (TPSA) is 0 Å². The maximum Gasteiger partial charge on any atom is 0.0122 e. The van der Waals surface area contributed by atoms with Crippen molar-refractivity contribution < 1.29 is 0 Å². The fourth-order valence-corrected chi connectivity index (χ4v) is 2.55. The standard InChI is InChI=1S/C12H16I2/c1-9(13)6-11-4-3-5-12(8-11)7-10(2)14/h3-5,8-10H,6-7H2,1-2H3. The highest BCUT2D eigenvalue weighted by molar-refractivity contribution is 14.1. The summed E-state index contributed by atoms with van der Waals surface area (Å²) in [5.41, 5.74) is 2.95. The van der Waals surface area contributed by atoms with Gasteiger partial charge in [-0.15, -0.1) is 0 Å². The van der Waals surface area contributed by atoms with Crippen LogP contribution in [-0.2, 0) is 12.8 Å². The monoisotopic (exact) mass is 414 g/mol. The van der Waals surface area contributed by atoms with E-state index in [2.05, 4.69) is 83.3 Å². The molecule has 0 bridgehead atoms.